The first kappa shape index (κ1) is 16.3. The minimum atomic E-state index is -0.635. The fourth-order valence-corrected chi connectivity index (χ4v) is 2.72. The number of nitrogens with zero attached hydrogens (tertiary/aromatic N) is 2. The molecule has 0 aliphatic rings. The van der Waals surface area contributed by atoms with Crippen molar-refractivity contribution in [3.8, 4) is 16.5 Å². The van der Waals surface area contributed by atoms with Gasteiger partial charge in [-0.15, -0.1) is 21.5 Å². The van der Waals surface area contributed by atoms with Crippen LogP contribution in [0.1, 0.15) is 16.2 Å². The van der Waals surface area contributed by atoms with Crippen molar-refractivity contribution in [2.45, 2.75) is 6.61 Å². The molecule has 0 amide bonds. The number of hydrogen-bond donors (Lipinski definition) is 1. The number of aromatic nitrogens is 2. The maximum atomic E-state index is 12.2. The molecule has 3 rings (SSSR count). The van der Waals surface area contributed by atoms with Crippen LogP contribution in [0.2, 0.25) is 5.02 Å². The average Bonchev–Trinajstić information content (AvgIpc) is 3.25. The lowest BCUT2D eigenvalue weighted by atomic mass is 10.2. The van der Waals surface area contributed by atoms with E-state index in [0.29, 0.717) is 11.6 Å². The number of hydrogen-bond acceptors (Lipinski definition) is 8. The van der Waals surface area contributed by atoms with E-state index in [9.17, 15) is 4.79 Å². The third-order valence-corrected chi connectivity index (χ3v) is 4.25. The van der Waals surface area contributed by atoms with Crippen LogP contribution in [0, 0.1) is 0 Å². The van der Waals surface area contributed by atoms with E-state index in [1.807, 2.05) is 17.5 Å². The zero-order chi connectivity index (χ0) is 17.1. The molecule has 1 aromatic carbocycles. The number of methoxy groups -OCH3 is 1. The zero-order valence-corrected chi connectivity index (χ0v) is 14.1. The lowest BCUT2D eigenvalue weighted by molar-refractivity contribution is 0.0435. The summed E-state index contributed by atoms with van der Waals surface area (Å²) < 4.78 is 15.7. The van der Waals surface area contributed by atoms with Crippen molar-refractivity contribution in [1.29, 1.82) is 0 Å². The van der Waals surface area contributed by atoms with Crippen LogP contribution >= 0.6 is 22.9 Å². The highest BCUT2D eigenvalue weighted by molar-refractivity contribution is 7.13. The molecule has 0 spiro atoms. The number of carbonyl (C=O) groups is 1. The molecule has 0 unspecified atom stereocenters. The van der Waals surface area contributed by atoms with Crippen LogP contribution in [0.4, 0.5) is 5.69 Å². The molecule has 0 saturated heterocycles. The van der Waals surface area contributed by atoms with E-state index >= 15 is 0 Å². The van der Waals surface area contributed by atoms with Crippen molar-refractivity contribution in [3.63, 3.8) is 0 Å². The van der Waals surface area contributed by atoms with Crippen LogP contribution < -0.4 is 10.5 Å². The van der Waals surface area contributed by atoms with E-state index < -0.39 is 5.97 Å². The second kappa shape index (κ2) is 6.90. The summed E-state index contributed by atoms with van der Waals surface area (Å²) in [4.78, 5) is 13.0. The van der Waals surface area contributed by atoms with Gasteiger partial charge >= 0.3 is 5.97 Å². The van der Waals surface area contributed by atoms with Gasteiger partial charge in [0.2, 0.25) is 0 Å². The lowest BCUT2D eigenvalue weighted by Gasteiger charge is -2.09. The maximum Gasteiger partial charge on any atom is 0.342 e. The first-order valence-corrected chi connectivity index (χ1v) is 8.00. The third-order valence-electron chi connectivity index (χ3n) is 3.06. The molecular weight excluding hydrogens is 354 g/mol. The molecule has 3 aromatic rings. The number of halogens is 1. The fourth-order valence-electron chi connectivity index (χ4n) is 1.91. The highest BCUT2D eigenvalue weighted by atomic mass is 35.5. The van der Waals surface area contributed by atoms with Gasteiger partial charge in [-0.2, -0.15) is 0 Å². The molecule has 0 aliphatic carbocycles. The molecule has 7 nitrogen and oxygen atoms in total. The van der Waals surface area contributed by atoms with E-state index in [-0.39, 0.29) is 28.8 Å². The Kier molecular flexibility index (Phi) is 4.68. The number of benzene rings is 1. The van der Waals surface area contributed by atoms with Crippen LogP contribution in [0.25, 0.3) is 10.8 Å². The summed E-state index contributed by atoms with van der Waals surface area (Å²) in [6, 6.07) is 6.58. The highest BCUT2D eigenvalue weighted by Gasteiger charge is 2.18. The summed E-state index contributed by atoms with van der Waals surface area (Å²) in [6.07, 6.45) is 0. The number of anilines is 1. The molecule has 0 radical (unpaired) electrons. The molecule has 2 N–H and O–H groups in total. The average molecular weight is 366 g/mol. The van der Waals surface area contributed by atoms with E-state index in [4.69, 9.17) is 31.2 Å². The van der Waals surface area contributed by atoms with E-state index in [2.05, 4.69) is 10.2 Å². The molecule has 24 heavy (non-hydrogen) atoms. The van der Waals surface area contributed by atoms with Gasteiger partial charge in [-0.25, -0.2) is 4.79 Å². The van der Waals surface area contributed by atoms with Gasteiger partial charge in [0.15, 0.2) is 6.61 Å². The molecule has 2 heterocycles. The molecular formula is C15H12ClN3O4S. The number of rotatable bonds is 5. The largest absolute Gasteiger partial charge is 0.496 e. The Morgan fingerprint density at radius 1 is 1.42 bits per heavy atom. The first-order valence-electron chi connectivity index (χ1n) is 6.75. The summed E-state index contributed by atoms with van der Waals surface area (Å²) >= 11 is 7.41. The van der Waals surface area contributed by atoms with Crippen molar-refractivity contribution in [2.24, 2.45) is 0 Å². The number of thiophene rings is 1. The monoisotopic (exact) mass is 365 g/mol. The first-order chi connectivity index (χ1) is 11.6. The Bertz CT molecular complexity index is 864. The Morgan fingerprint density at radius 2 is 2.25 bits per heavy atom. The van der Waals surface area contributed by atoms with Crippen LogP contribution in [-0.2, 0) is 11.3 Å². The molecule has 0 atom stereocenters. The second-order valence-electron chi connectivity index (χ2n) is 4.63. The summed E-state index contributed by atoms with van der Waals surface area (Å²) in [7, 11) is 1.42. The topological polar surface area (TPSA) is 100 Å². The van der Waals surface area contributed by atoms with Gasteiger partial charge in [0.1, 0.15) is 11.3 Å². The van der Waals surface area contributed by atoms with Crippen molar-refractivity contribution in [2.75, 3.05) is 12.8 Å². The van der Waals surface area contributed by atoms with E-state index in [1.54, 1.807) is 0 Å². The van der Waals surface area contributed by atoms with E-state index in [0.717, 1.165) is 4.88 Å². The molecule has 0 saturated carbocycles. The second-order valence-corrected chi connectivity index (χ2v) is 5.98. The van der Waals surface area contributed by atoms with Crippen molar-refractivity contribution < 1.29 is 18.7 Å². The van der Waals surface area contributed by atoms with Crippen LogP contribution in [0.3, 0.4) is 0 Å². The number of esters is 1. The summed E-state index contributed by atoms with van der Waals surface area (Å²) in [5.41, 5.74) is 6.15. The van der Waals surface area contributed by atoms with Gasteiger partial charge in [0, 0.05) is 6.07 Å². The number of ether oxygens (including phenoxy) is 2. The molecule has 2 aromatic heterocycles. The van der Waals surface area contributed by atoms with Crippen molar-refractivity contribution in [1.82, 2.24) is 10.2 Å². The maximum absolute atomic E-state index is 12.2. The quantitative estimate of drug-likeness (QED) is 0.546. The summed E-state index contributed by atoms with van der Waals surface area (Å²) in [6.45, 7) is -0.164. The molecule has 9 heteroatoms. The van der Waals surface area contributed by atoms with Crippen molar-refractivity contribution in [3.05, 3.63) is 46.1 Å². The Labute approximate surface area is 146 Å². The van der Waals surface area contributed by atoms with Gasteiger partial charge in [0.05, 0.1) is 22.7 Å². The van der Waals surface area contributed by atoms with Gasteiger partial charge in [0.25, 0.3) is 11.8 Å². The summed E-state index contributed by atoms with van der Waals surface area (Å²) in [5, 5.41) is 9.89. The Morgan fingerprint density at radius 3 is 2.96 bits per heavy atom. The minimum Gasteiger partial charge on any atom is -0.496 e. The van der Waals surface area contributed by atoms with Crippen molar-refractivity contribution >= 4 is 34.6 Å². The number of nitrogens with two attached hydrogens (primary N) is 1. The molecule has 0 bridgehead atoms. The minimum absolute atomic E-state index is 0.162. The standard InChI is InChI=1S/C15H12ClN3O4S/c1-21-11-6-10(17)9(16)5-8(11)15(20)22-7-13-18-19-14(23-13)12-3-2-4-24-12/h2-6H,7,17H2,1H3. The molecule has 124 valence electrons. The van der Waals surface area contributed by atoms with Crippen LogP contribution in [-0.4, -0.2) is 23.3 Å². The van der Waals surface area contributed by atoms with E-state index in [1.165, 1.54) is 30.6 Å². The predicted molar refractivity (Wildman–Crippen MR) is 89.1 cm³/mol. The number of carbonyl (C=O) groups excluding carboxylic acids is 1. The zero-order valence-electron chi connectivity index (χ0n) is 12.5. The normalized spacial score (nSPS) is 10.6. The van der Waals surface area contributed by atoms with Gasteiger partial charge in [-0.3, -0.25) is 0 Å². The highest BCUT2D eigenvalue weighted by Crippen LogP contribution is 2.29. The van der Waals surface area contributed by atoms with Crippen LogP contribution in [0.5, 0.6) is 5.75 Å². The lowest BCUT2D eigenvalue weighted by Crippen LogP contribution is -2.08. The Hall–Kier alpha value is -2.58. The fraction of sp³-hybridized carbons (Fsp3) is 0.133. The molecule has 0 aliphatic heterocycles. The SMILES string of the molecule is COc1cc(N)c(Cl)cc1C(=O)OCc1nnc(-c2cccs2)o1. The third kappa shape index (κ3) is 3.34. The molecule has 0 fully saturated rings. The Balaban J connectivity index is 1.71. The summed E-state index contributed by atoms with van der Waals surface area (Å²) in [5.74, 6) is 0.202. The van der Waals surface area contributed by atoms with Crippen LogP contribution in [0.15, 0.2) is 34.1 Å². The van der Waals surface area contributed by atoms with Gasteiger partial charge < -0.3 is 19.6 Å². The van der Waals surface area contributed by atoms with Gasteiger partial charge in [-0.05, 0) is 17.5 Å². The number of nitrogen functional groups attached to an aromatic ring is 1. The van der Waals surface area contributed by atoms with Gasteiger partial charge in [-0.1, -0.05) is 17.7 Å². The predicted octanol–water partition coefficient (Wildman–Crippen LogP) is 3.40. The smallest absolute Gasteiger partial charge is 0.342 e.